The van der Waals surface area contributed by atoms with E-state index in [-0.39, 0.29) is 17.1 Å². The van der Waals surface area contributed by atoms with Gasteiger partial charge in [-0.3, -0.25) is 0 Å². The molecule has 3 nitrogen and oxygen atoms in total. The molecular formula is C14H18O3S. The van der Waals surface area contributed by atoms with Crippen molar-refractivity contribution in [2.24, 2.45) is 0 Å². The first kappa shape index (κ1) is 14.6. The Kier molecular flexibility index (Phi) is 4.84. The van der Waals surface area contributed by atoms with E-state index < -0.39 is 15.1 Å². The van der Waals surface area contributed by atoms with Crippen LogP contribution in [0.3, 0.4) is 0 Å². The summed E-state index contributed by atoms with van der Waals surface area (Å²) in [6, 6.07) is 8.28. The van der Waals surface area contributed by atoms with Crippen LogP contribution in [0, 0.1) is 0 Å². The molecule has 0 radical (unpaired) electrons. The van der Waals surface area contributed by atoms with Crippen LogP contribution < -0.4 is 0 Å². The van der Waals surface area contributed by atoms with Crippen LogP contribution in [0.5, 0.6) is 0 Å². The fourth-order valence-electron chi connectivity index (χ4n) is 1.78. The normalized spacial score (nSPS) is 13.0. The van der Waals surface area contributed by atoms with Crippen LogP contribution in [-0.4, -0.2) is 19.5 Å². The molecule has 98 valence electrons. The van der Waals surface area contributed by atoms with Crippen molar-refractivity contribution in [2.45, 2.75) is 36.8 Å². The molecule has 1 aromatic rings. The number of hydrogen-bond donors (Lipinski definition) is 0. The van der Waals surface area contributed by atoms with E-state index in [1.54, 1.807) is 37.3 Å². The molecule has 0 heterocycles. The average molecular weight is 266 g/mol. The number of hydrogen-bond acceptors (Lipinski definition) is 3. The summed E-state index contributed by atoms with van der Waals surface area (Å²) in [6.45, 7) is 6.88. The van der Waals surface area contributed by atoms with Crippen LogP contribution in [0.4, 0.5) is 0 Å². The Labute approximate surface area is 108 Å². The number of carbonyl (C=O) groups excluding carboxylic acids is 1. The number of ketones is 1. The fraction of sp³-hybridized carbons (Fsp3) is 0.357. The van der Waals surface area contributed by atoms with Gasteiger partial charge in [0.15, 0.2) is 9.84 Å². The molecule has 0 saturated heterocycles. The van der Waals surface area contributed by atoms with Gasteiger partial charge in [-0.2, -0.15) is 0 Å². The predicted octanol–water partition coefficient (Wildman–Crippen LogP) is 2.77. The third-order valence-corrected chi connectivity index (χ3v) is 5.07. The zero-order valence-corrected chi connectivity index (χ0v) is 11.5. The summed E-state index contributed by atoms with van der Waals surface area (Å²) >= 11 is 0. The van der Waals surface area contributed by atoms with Gasteiger partial charge >= 0.3 is 0 Å². The van der Waals surface area contributed by atoms with Gasteiger partial charge in [0.25, 0.3) is 0 Å². The van der Waals surface area contributed by atoms with Gasteiger partial charge in [-0.15, -0.1) is 0 Å². The van der Waals surface area contributed by atoms with Gasteiger partial charge in [-0.25, -0.2) is 8.42 Å². The quantitative estimate of drug-likeness (QED) is 0.744. The lowest BCUT2D eigenvalue weighted by Crippen LogP contribution is -2.23. The van der Waals surface area contributed by atoms with Crippen molar-refractivity contribution in [3.8, 4) is 0 Å². The molecule has 0 aromatic heterocycles. The molecule has 0 fully saturated rings. The Morgan fingerprint density at radius 2 is 1.78 bits per heavy atom. The third-order valence-electron chi connectivity index (χ3n) is 2.75. The standard InChI is InChI=1S/C14H18O3S/c1-11(2)14(10-9-12(3)15)18(16,17)13-7-5-4-6-8-13/h4-8,14H,1,9-10H2,2-3H3. The van der Waals surface area contributed by atoms with Crippen LogP contribution in [0.1, 0.15) is 26.7 Å². The molecule has 0 amide bonds. The minimum absolute atomic E-state index is 0.00971. The third kappa shape index (κ3) is 3.53. The molecule has 0 N–H and O–H groups in total. The molecule has 4 heteroatoms. The van der Waals surface area contributed by atoms with E-state index in [1.807, 2.05) is 0 Å². The van der Waals surface area contributed by atoms with Crippen molar-refractivity contribution in [2.75, 3.05) is 0 Å². The van der Waals surface area contributed by atoms with Crippen molar-refractivity contribution < 1.29 is 13.2 Å². The first-order valence-corrected chi connectivity index (χ1v) is 7.34. The molecule has 1 aromatic carbocycles. The first-order valence-electron chi connectivity index (χ1n) is 5.79. The Bertz CT molecular complexity index is 529. The van der Waals surface area contributed by atoms with Crippen molar-refractivity contribution in [1.29, 1.82) is 0 Å². The highest BCUT2D eigenvalue weighted by Gasteiger charge is 2.27. The van der Waals surface area contributed by atoms with E-state index >= 15 is 0 Å². The second-order valence-corrected chi connectivity index (χ2v) is 6.56. The fourth-order valence-corrected chi connectivity index (χ4v) is 3.60. The molecule has 0 spiro atoms. The average Bonchev–Trinajstić information content (AvgIpc) is 2.29. The molecule has 0 bridgehead atoms. The molecule has 1 unspecified atom stereocenters. The van der Waals surface area contributed by atoms with E-state index in [4.69, 9.17) is 0 Å². The van der Waals surface area contributed by atoms with Crippen molar-refractivity contribution >= 4 is 15.6 Å². The Hall–Kier alpha value is -1.42. The summed E-state index contributed by atoms with van der Waals surface area (Å²) in [5.41, 5.74) is 0.570. The summed E-state index contributed by atoms with van der Waals surface area (Å²) in [7, 11) is -3.45. The summed E-state index contributed by atoms with van der Waals surface area (Å²) in [5, 5.41) is -0.691. The maximum atomic E-state index is 12.4. The summed E-state index contributed by atoms with van der Waals surface area (Å²) in [6.07, 6.45) is 0.547. The van der Waals surface area contributed by atoms with Crippen LogP contribution >= 0.6 is 0 Å². The van der Waals surface area contributed by atoms with Crippen LogP contribution in [-0.2, 0) is 14.6 Å². The number of benzene rings is 1. The predicted molar refractivity (Wildman–Crippen MR) is 72.1 cm³/mol. The molecule has 18 heavy (non-hydrogen) atoms. The molecule has 0 aliphatic rings. The van der Waals surface area contributed by atoms with Gasteiger partial charge in [0.05, 0.1) is 10.1 Å². The molecule has 0 saturated carbocycles. The highest BCUT2D eigenvalue weighted by Crippen LogP contribution is 2.24. The Morgan fingerprint density at radius 3 is 2.22 bits per heavy atom. The van der Waals surface area contributed by atoms with Gasteiger partial charge in [0.2, 0.25) is 0 Å². The Morgan fingerprint density at radius 1 is 1.22 bits per heavy atom. The highest BCUT2D eigenvalue weighted by molar-refractivity contribution is 7.92. The van der Waals surface area contributed by atoms with Gasteiger partial charge in [0, 0.05) is 6.42 Å². The second-order valence-electron chi connectivity index (χ2n) is 4.43. The smallest absolute Gasteiger partial charge is 0.185 e. The van der Waals surface area contributed by atoms with E-state index in [9.17, 15) is 13.2 Å². The topological polar surface area (TPSA) is 51.2 Å². The largest absolute Gasteiger partial charge is 0.300 e. The first-order chi connectivity index (χ1) is 8.35. The van der Waals surface area contributed by atoms with E-state index in [1.165, 1.54) is 6.92 Å². The SMILES string of the molecule is C=C(C)C(CCC(C)=O)S(=O)(=O)c1ccccc1. The van der Waals surface area contributed by atoms with Crippen LogP contribution in [0.15, 0.2) is 47.4 Å². The van der Waals surface area contributed by atoms with Gasteiger partial charge in [0.1, 0.15) is 5.78 Å². The lowest BCUT2D eigenvalue weighted by Gasteiger charge is -2.17. The number of carbonyl (C=O) groups is 1. The molecule has 1 atom stereocenters. The maximum absolute atomic E-state index is 12.4. The molecule has 0 aliphatic heterocycles. The van der Waals surface area contributed by atoms with Gasteiger partial charge in [-0.1, -0.05) is 30.4 Å². The zero-order valence-electron chi connectivity index (χ0n) is 10.7. The maximum Gasteiger partial charge on any atom is 0.185 e. The Balaban J connectivity index is 3.06. The summed E-state index contributed by atoms with van der Waals surface area (Å²) in [5.74, 6) is -0.00971. The monoisotopic (exact) mass is 266 g/mol. The van der Waals surface area contributed by atoms with Crippen LogP contribution in [0.2, 0.25) is 0 Å². The van der Waals surface area contributed by atoms with Gasteiger partial charge in [-0.05, 0) is 32.4 Å². The minimum Gasteiger partial charge on any atom is -0.300 e. The summed E-state index contributed by atoms with van der Waals surface area (Å²) in [4.78, 5) is 11.3. The minimum atomic E-state index is -3.45. The van der Waals surface area contributed by atoms with Crippen LogP contribution in [0.25, 0.3) is 0 Å². The number of rotatable bonds is 6. The van der Waals surface area contributed by atoms with Crippen molar-refractivity contribution in [3.05, 3.63) is 42.5 Å². The lowest BCUT2D eigenvalue weighted by molar-refractivity contribution is -0.117. The molecule has 1 rings (SSSR count). The van der Waals surface area contributed by atoms with Crippen molar-refractivity contribution in [3.63, 3.8) is 0 Å². The zero-order chi connectivity index (χ0) is 13.8. The van der Waals surface area contributed by atoms with Crippen molar-refractivity contribution in [1.82, 2.24) is 0 Å². The van der Waals surface area contributed by atoms with Gasteiger partial charge < -0.3 is 4.79 Å². The summed E-state index contributed by atoms with van der Waals surface area (Å²) < 4.78 is 24.8. The molecule has 0 aliphatic carbocycles. The second kappa shape index (κ2) is 5.96. The van der Waals surface area contributed by atoms with E-state index in [0.717, 1.165) is 0 Å². The molecular weight excluding hydrogens is 248 g/mol. The number of sulfone groups is 1. The lowest BCUT2D eigenvalue weighted by atomic mass is 10.1. The van der Waals surface area contributed by atoms with E-state index in [2.05, 4.69) is 6.58 Å². The highest BCUT2D eigenvalue weighted by atomic mass is 32.2. The number of Topliss-reactive ketones (excluding diaryl/α,β-unsaturated/α-hetero) is 1. The van der Waals surface area contributed by atoms with E-state index in [0.29, 0.717) is 12.0 Å².